The summed E-state index contributed by atoms with van der Waals surface area (Å²) in [5.41, 5.74) is 0.519. The summed E-state index contributed by atoms with van der Waals surface area (Å²) >= 11 is 0. The van der Waals surface area contributed by atoms with Crippen molar-refractivity contribution in [1.82, 2.24) is 9.97 Å². The molecule has 1 saturated carbocycles. The summed E-state index contributed by atoms with van der Waals surface area (Å²) in [5.74, 6) is 0.808. The van der Waals surface area contributed by atoms with Gasteiger partial charge in [-0.2, -0.15) is 0 Å². The Morgan fingerprint density at radius 2 is 2.27 bits per heavy atom. The summed E-state index contributed by atoms with van der Waals surface area (Å²) in [6.45, 7) is 2.65. The third-order valence-electron chi connectivity index (χ3n) is 2.97. The first-order valence-corrected chi connectivity index (χ1v) is 5.49. The molecule has 1 fully saturated rings. The van der Waals surface area contributed by atoms with E-state index in [9.17, 15) is 5.11 Å². The molecule has 1 heterocycles. The van der Waals surface area contributed by atoms with Crippen LogP contribution in [-0.4, -0.2) is 27.2 Å². The monoisotopic (exact) mass is 207 g/mol. The van der Waals surface area contributed by atoms with Crippen LogP contribution in [0.25, 0.3) is 0 Å². The summed E-state index contributed by atoms with van der Waals surface area (Å²) in [6, 6.07) is 1.93. The largest absolute Gasteiger partial charge is 0.388 e. The van der Waals surface area contributed by atoms with Crippen LogP contribution in [0.2, 0.25) is 0 Å². The fourth-order valence-electron chi connectivity index (χ4n) is 1.70. The van der Waals surface area contributed by atoms with Crippen molar-refractivity contribution < 1.29 is 5.11 Å². The topological polar surface area (TPSA) is 58.0 Å². The van der Waals surface area contributed by atoms with Gasteiger partial charge in [0.1, 0.15) is 12.1 Å². The number of anilines is 1. The van der Waals surface area contributed by atoms with Crippen molar-refractivity contribution in [1.29, 1.82) is 0 Å². The van der Waals surface area contributed by atoms with Crippen LogP contribution in [0.3, 0.4) is 0 Å². The molecule has 1 aromatic rings. The molecule has 0 radical (unpaired) electrons. The summed E-state index contributed by atoms with van der Waals surface area (Å²) in [6.07, 6.45) is 5.38. The third kappa shape index (κ3) is 2.45. The fraction of sp³-hybridized carbons (Fsp3) is 0.636. The molecule has 0 saturated heterocycles. The van der Waals surface area contributed by atoms with Crippen LogP contribution >= 0.6 is 0 Å². The minimum Gasteiger partial charge on any atom is -0.388 e. The van der Waals surface area contributed by atoms with Gasteiger partial charge in [-0.3, -0.25) is 0 Å². The standard InChI is InChI=1S/C11H17N3O/c1-2-9-6-10(14-8-13-9)12-7-11(15)4-3-5-11/h6,8,15H,2-5,7H2,1H3,(H,12,13,14). The van der Waals surface area contributed by atoms with Crippen molar-refractivity contribution in [2.75, 3.05) is 11.9 Å². The highest BCUT2D eigenvalue weighted by Crippen LogP contribution is 2.31. The maximum absolute atomic E-state index is 9.89. The zero-order valence-corrected chi connectivity index (χ0v) is 9.03. The lowest BCUT2D eigenvalue weighted by Gasteiger charge is -2.36. The van der Waals surface area contributed by atoms with Crippen molar-refractivity contribution in [3.8, 4) is 0 Å². The van der Waals surface area contributed by atoms with E-state index in [2.05, 4.69) is 22.2 Å². The van der Waals surface area contributed by atoms with Crippen LogP contribution in [0.15, 0.2) is 12.4 Å². The molecule has 1 aliphatic carbocycles. The van der Waals surface area contributed by atoms with Crippen molar-refractivity contribution in [2.24, 2.45) is 0 Å². The number of aliphatic hydroxyl groups is 1. The zero-order chi connectivity index (χ0) is 10.7. The van der Waals surface area contributed by atoms with E-state index in [0.29, 0.717) is 6.54 Å². The lowest BCUT2D eigenvalue weighted by molar-refractivity contribution is -0.0202. The molecule has 82 valence electrons. The van der Waals surface area contributed by atoms with Gasteiger partial charge in [0.15, 0.2) is 0 Å². The molecule has 0 aliphatic heterocycles. The van der Waals surface area contributed by atoms with E-state index < -0.39 is 5.60 Å². The van der Waals surface area contributed by atoms with E-state index >= 15 is 0 Å². The molecule has 0 amide bonds. The Morgan fingerprint density at radius 1 is 1.47 bits per heavy atom. The maximum atomic E-state index is 9.89. The smallest absolute Gasteiger partial charge is 0.129 e. The maximum Gasteiger partial charge on any atom is 0.129 e. The van der Waals surface area contributed by atoms with E-state index in [1.807, 2.05) is 6.07 Å². The Bertz CT molecular complexity index is 336. The van der Waals surface area contributed by atoms with Crippen LogP contribution in [-0.2, 0) is 6.42 Å². The van der Waals surface area contributed by atoms with Crippen LogP contribution in [0.4, 0.5) is 5.82 Å². The van der Waals surface area contributed by atoms with Crippen molar-refractivity contribution in [3.05, 3.63) is 18.1 Å². The van der Waals surface area contributed by atoms with Gasteiger partial charge in [-0.15, -0.1) is 0 Å². The van der Waals surface area contributed by atoms with Crippen LogP contribution in [0.5, 0.6) is 0 Å². The average Bonchev–Trinajstić information content (AvgIpc) is 2.24. The second-order valence-corrected chi connectivity index (χ2v) is 4.18. The van der Waals surface area contributed by atoms with Gasteiger partial charge >= 0.3 is 0 Å². The predicted molar refractivity (Wildman–Crippen MR) is 58.7 cm³/mol. The third-order valence-corrected chi connectivity index (χ3v) is 2.97. The van der Waals surface area contributed by atoms with Gasteiger partial charge in [0.2, 0.25) is 0 Å². The lowest BCUT2D eigenvalue weighted by Crippen LogP contribution is -2.43. The van der Waals surface area contributed by atoms with Crippen LogP contribution in [0, 0.1) is 0 Å². The SMILES string of the molecule is CCc1cc(NCC2(O)CCC2)ncn1. The number of rotatable bonds is 4. The Balaban J connectivity index is 1.92. The normalized spacial score (nSPS) is 18.3. The first kappa shape index (κ1) is 10.4. The molecular weight excluding hydrogens is 190 g/mol. The highest BCUT2D eigenvalue weighted by atomic mass is 16.3. The molecule has 0 atom stereocenters. The summed E-state index contributed by atoms with van der Waals surface area (Å²) in [7, 11) is 0. The molecule has 2 rings (SSSR count). The molecule has 0 unspecified atom stereocenters. The number of nitrogens with zero attached hydrogens (tertiary/aromatic N) is 2. The molecule has 0 aromatic carbocycles. The number of nitrogens with one attached hydrogen (secondary N) is 1. The van der Waals surface area contributed by atoms with E-state index in [1.54, 1.807) is 6.33 Å². The van der Waals surface area contributed by atoms with Gasteiger partial charge in [0.05, 0.1) is 5.60 Å². The number of hydrogen-bond acceptors (Lipinski definition) is 4. The highest BCUT2D eigenvalue weighted by molar-refractivity contribution is 5.35. The zero-order valence-electron chi connectivity index (χ0n) is 9.03. The minimum atomic E-state index is -0.503. The molecule has 0 spiro atoms. The Morgan fingerprint density at radius 3 is 2.87 bits per heavy atom. The summed E-state index contributed by atoms with van der Waals surface area (Å²) < 4.78 is 0. The molecule has 15 heavy (non-hydrogen) atoms. The predicted octanol–water partition coefficient (Wildman–Crippen LogP) is 1.37. The first-order valence-electron chi connectivity index (χ1n) is 5.49. The Labute approximate surface area is 89.8 Å². The minimum absolute atomic E-state index is 0.503. The second-order valence-electron chi connectivity index (χ2n) is 4.18. The van der Waals surface area contributed by atoms with Crippen molar-refractivity contribution >= 4 is 5.82 Å². The van der Waals surface area contributed by atoms with Crippen molar-refractivity contribution in [3.63, 3.8) is 0 Å². The van der Waals surface area contributed by atoms with Gasteiger partial charge in [-0.1, -0.05) is 6.92 Å². The quantitative estimate of drug-likeness (QED) is 0.782. The lowest BCUT2D eigenvalue weighted by atomic mass is 9.80. The molecule has 4 heteroatoms. The van der Waals surface area contributed by atoms with Gasteiger partial charge < -0.3 is 10.4 Å². The summed E-state index contributed by atoms with van der Waals surface area (Å²) in [4.78, 5) is 8.24. The van der Waals surface area contributed by atoms with E-state index in [4.69, 9.17) is 0 Å². The molecule has 1 aliphatic rings. The highest BCUT2D eigenvalue weighted by Gasteiger charge is 2.33. The van der Waals surface area contributed by atoms with E-state index in [0.717, 1.165) is 37.2 Å². The Kier molecular flexibility index (Phi) is 2.86. The molecule has 2 N–H and O–H groups in total. The molecular formula is C11H17N3O. The van der Waals surface area contributed by atoms with Crippen LogP contribution in [0.1, 0.15) is 31.9 Å². The Hall–Kier alpha value is -1.16. The molecule has 4 nitrogen and oxygen atoms in total. The summed E-state index contributed by atoms with van der Waals surface area (Å²) in [5, 5.41) is 13.1. The van der Waals surface area contributed by atoms with E-state index in [-0.39, 0.29) is 0 Å². The van der Waals surface area contributed by atoms with Gasteiger partial charge in [0.25, 0.3) is 0 Å². The number of hydrogen-bond donors (Lipinski definition) is 2. The first-order chi connectivity index (χ1) is 7.22. The van der Waals surface area contributed by atoms with Crippen LogP contribution < -0.4 is 5.32 Å². The van der Waals surface area contributed by atoms with Gasteiger partial charge in [-0.05, 0) is 25.7 Å². The second kappa shape index (κ2) is 4.14. The number of aryl methyl sites for hydroxylation is 1. The average molecular weight is 207 g/mol. The fourth-order valence-corrected chi connectivity index (χ4v) is 1.70. The number of aromatic nitrogens is 2. The van der Waals surface area contributed by atoms with Gasteiger partial charge in [-0.25, -0.2) is 9.97 Å². The van der Waals surface area contributed by atoms with Gasteiger partial charge in [0, 0.05) is 18.3 Å². The van der Waals surface area contributed by atoms with Crippen molar-refractivity contribution in [2.45, 2.75) is 38.2 Å². The molecule has 1 aromatic heterocycles. The molecule has 0 bridgehead atoms. The van der Waals surface area contributed by atoms with E-state index in [1.165, 1.54) is 0 Å².